The lowest BCUT2D eigenvalue weighted by atomic mass is 9.96. The number of carbonyl (C=O) groups is 2. The van der Waals surface area contributed by atoms with E-state index in [-0.39, 0.29) is 17.7 Å². The number of primary amides is 1. The first kappa shape index (κ1) is 15.5. The van der Waals surface area contributed by atoms with Crippen LogP contribution in [0.15, 0.2) is 6.20 Å². The smallest absolute Gasteiger partial charge is 0.257 e. The highest BCUT2D eigenvalue weighted by atomic mass is 16.2. The van der Waals surface area contributed by atoms with Gasteiger partial charge in [-0.2, -0.15) is 5.10 Å². The van der Waals surface area contributed by atoms with Crippen LogP contribution in [0.4, 0.5) is 0 Å². The van der Waals surface area contributed by atoms with Crippen molar-refractivity contribution in [1.29, 1.82) is 0 Å². The lowest BCUT2D eigenvalue weighted by Gasteiger charge is -2.30. The molecule has 1 aromatic heterocycles. The molecule has 7 nitrogen and oxygen atoms in total. The van der Waals surface area contributed by atoms with Crippen LogP contribution in [0.2, 0.25) is 0 Å². The molecule has 1 aliphatic rings. The number of nitrogens with zero attached hydrogens (tertiary/aromatic N) is 3. The van der Waals surface area contributed by atoms with Crippen LogP contribution in [0.25, 0.3) is 0 Å². The fraction of sp³-hybridized carbons (Fsp3) is 0.643. The summed E-state index contributed by atoms with van der Waals surface area (Å²) in [6.45, 7) is 4.36. The number of aromatic nitrogens is 2. The number of rotatable bonds is 5. The molecule has 0 aromatic carbocycles. The van der Waals surface area contributed by atoms with E-state index < -0.39 is 0 Å². The molecule has 4 N–H and O–H groups in total. The largest absolute Gasteiger partial charge is 0.369 e. The van der Waals surface area contributed by atoms with E-state index in [2.05, 4.69) is 5.10 Å². The van der Waals surface area contributed by atoms with Gasteiger partial charge in [0.2, 0.25) is 5.91 Å². The van der Waals surface area contributed by atoms with E-state index in [1.807, 2.05) is 11.6 Å². The molecule has 1 aliphatic heterocycles. The van der Waals surface area contributed by atoms with E-state index in [0.717, 1.165) is 18.7 Å². The van der Waals surface area contributed by atoms with Gasteiger partial charge in [0, 0.05) is 31.2 Å². The van der Waals surface area contributed by atoms with Crippen molar-refractivity contribution in [3.8, 4) is 0 Å². The molecule has 7 heteroatoms. The second-order valence-electron chi connectivity index (χ2n) is 5.48. The van der Waals surface area contributed by atoms with Gasteiger partial charge in [-0.1, -0.05) is 0 Å². The van der Waals surface area contributed by atoms with Crippen molar-refractivity contribution in [2.24, 2.45) is 17.4 Å². The molecule has 2 amide bonds. The van der Waals surface area contributed by atoms with Crippen molar-refractivity contribution in [2.75, 3.05) is 19.6 Å². The fourth-order valence-electron chi connectivity index (χ4n) is 2.66. The van der Waals surface area contributed by atoms with Gasteiger partial charge < -0.3 is 16.4 Å². The van der Waals surface area contributed by atoms with E-state index in [9.17, 15) is 9.59 Å². The SMILES string of the molecule is Cc1c(C(=O)N2CCC(C(N)=O)CC2)cnn1CCCN. The van der Waals surface area contributed by atoms with Gasteiger partial charge in [-0.25, -0.2) is 0 Å². The van der Waals surface area contributed by atoms with E-state index in [1.165, 1.54) is 0 Å². The predicted molar refractivity (Wildman–Crippen MR) is 78.5 cm³/mol. The molecular formula is C14H23N5O2. The molecule has 0 radical (unpaired) electrons. The molecule has 1 aromatic rings. The zero-order valence-electron chi connectivity index (χ0n) is 12.4. The third-order valence-electron chi connectivity index (χ3n) is 4.09. The van der Waals surface area contributed by atoms with Crippen LogP contribution in [-0.2, 0) is 11.3 Å². The number of carbonyl (C=O) groups excluding carboxylic acids is 2. The standard InChI is InChI=1S/C14H23N5O2/c1-10-12(9-17-19(10)6-2-5-15)14(21)18-7-3-11(4-8-18)13(16)20/h9,11H,2-8,15H2,1H3,(H2,16,20). The Morgan fingerprint density at radius 2 is 2.05 bits per heavy atom. The van der Waals surface area contributed by atoms with Gasteiger partial charge in [-0.05, 0) is 32.7 Å². The Hall–Kier alpha value is -1.89. The number of hydrogen-bond donors (Lipinski definition) is 2. The Balaban J connectivity index is 2.01. The van der Waals surface area contributed by atoms with Crippen LogP contribution in [-0.4, -0.2) is 46.1 Å². The third kappa shape index (κ3) is 3.41. The zero-order chi connectivity index (χ0) is 15.4. The zero-order valence-corrected chi connectivity index (χ0v) is 12.4. The summed E-state index contributed by atoms with van der Waals surface area (Å²) >= 11 is 0. The Morgan fingerprint density at radius 1 is 1.38 bits per heavy atom. The van der Waals surface area contributed by atoms with Crippen LogP contribution in [0.1, 0.15) is 35.3 Å². The minimum absolute atomic E-state index is 0.0191. The van der Waals surface area contributed by atoms with E-state index in [0.29, 0.717) is 38.0 Å². The molecular weight excluding hydrogens is 270 g/mol. The molecule has 0 spiro atoms. The van der Waals surface area contributed by atoms with E-state index in [4.69, 9.17) is 11.5 Å². The number of piperidine rings is 1. The molecule has 2 heterocycles. The fourth-order valence-corrected chi connectivity index (χ4v) is 2.66. The second-order valence-corrected chi connectivity index (χ2v) is 5.48. The minimum atomic E-state index is -0.270. The summed E-state index contributed by atoms with van der Waals surface area (Å²) in [6.07, 6.45) is 3.73. The molecule has 0 aliphatic carbocycles. The molecule has 0 atom stereocenters. The average molecular weight is 293 g/mol. The van der Waals surface area contributed by atoms with Crippen LogP contribution in [0.5, 0.6) is 0 Å². The highest BCUT2D eigenvalue weighted by Gasteiger charge is 2.28. The van der Waals surface area contributed by atoms with Crippen LogP contribution < -0.4 is 11.5 Å². The Kier molecular flexibility index (Phi) is 4.95. The summed E-state index contributed by atoms with van der Waals surface area (Å²) in [5.74, 6) is -0.398. The summed E-state index contributed by atoms with van der Waals surface area (Å²) in [7, 11) is 0. The highest BCUT2D eigenvalue weighted by Crippen LogP contribution is 2.20. The van der Waals surface area contributed by atoms with Crippen molar-refractivity contribution in [1.82, 2.24) is 14.7 Å². The van der Waals surface area contributed by atoms with Crippen LogP contribution in [0.3, 0.4) is 0 Å². The van der Waals surface area contributed by atoms with Gasteiger partial charge >= 0.3 is 0 Å². The predicted octanol–water partition coefficient (Wildman–Crippen LogP) is -0.122. The van der Waals surface area contributed by atoms with Gasteiger partial charge in [-0.15, -0.1) is 0 Å². The Labute approximate surface area is 124 Å². The van der Waals surface area contributed by atoms with Gasteiger partial charge in [0.1, 0.15) is 0 Å². The number of hydrogen-bond acceptors (Lipinski definition) is 4. The van der Waals surface area contributed by atoms with E-state index in [1.54, 1.807) is 11.1 Å². The summed E-state index contributed by atoms with van der Waals surface area (Å²) in [4.78, 5) is 25.4. The van der Waals surface area contributed by atoms with Gasteiger partial charge in [0.05, 0.1) is 11.8 Å². The van der Waals surface area contributed by atoms with Crippen molar-refractivity contribution >= 4 is 11.8 Å². The Bertz CT molecular complexity index is 517. The van der Waals surface area contributed by atoms with Crippen LogP contribution >= 0.6 is 0 Å². The van der Waals surface area contributed by atoms with E-state index >= 15 is 0 Å². The quantitative estimate of drug-likeness (QED) is 0.789. The van der Waals surface area contributed by atoms with Gasteiger partial charge in [0.25, 0.3) is 5.91 Å². The van der Waals surface area contributed by atoms with Gasteiger partial charge in [0.15, 0.2) is 0 Å². The third-order valence-corrected chi connectivity index (χ3v) is 4.09. The summed E-state index contributed by atoms with van der Waals surface area (Å²) in [6, 6.07) is 0. The highest BCUT2D eigenvalue weighted by molar-refractivity contribution is 5.95. The summed E-state index contributed by atoms with van der Waals surface area (Å²) in [5.41, 5.74) is 12.3. The molecule has 2 rings (SSSR count). The second kappa shape index (κ2) is 6.71. The molecule has 116 valence electrons. The lowest BCUT2D eigenvalue weighted by Crippen LogP contribution is -2.41. The van der Waals surface area contributed by atoms with Crippen LogP contribution in [0, 0.1) is 12.8 Å². The summed E-state index contributed by atoms with van der Waals surface area (Å²) < 4.78 is 1.82. The molecule has 1 saturated heterocycles. The normalized spacial score (nSPS) is 16.2. The number of aryl methyl sites for hydroxylation is 1. The molecule has 1 fully saturated rings. The number of nitrogens with two attached hydrogens (primary N) is 2. The molecule has 21 heavy (non-hydrogen) atoms. The van der Waals surface area contributed by atoms with Crippen molar-refractivity contribution in [3.05, 3.63) is 17.5 Å². The van der Waals surface area contributed by atoms with Crippen molar-refractivity contribution in [3.63, 3.8) is 0 Å². The summed E-state index contributed by atoms with van der Waals surface area (Å²) in [5, 5.41) is 4.25. The first-order valence-corrected chi connectivity index (χ1v) is 7.35. The van der Waals surface area contributed by atoms with Gasteiger partial charge in [-0.3, -0.25) is 14.3 Å². The Morgan fingerprint density at radius 3 is 2.62 bits per heavy atom. The maximum atomic E-state index is 12.5. The molecule has 0 saturated carbocycles. The maximum Gasteiger partial charge on any atom is 0.257 e. The first-order chi connectivity index (χ1) is 10.0. The maximum absolute atomic E-state index is 12.5. The monoisotopic (exact) mass is 293 g/mol. The topological polar surface area (TPSA) is 107 Å². The molecule has 0 bridgehead atoms. The molecule has 0 unspecified atom stereocenters. The van der Waals surface area contributed by atoms with Crippen molar-refractivity contribution < 1.29 is 9.59 Å². The minimum Gasteiger partial charge on any atom is -0.369 e. The average Bonchev–Trinajstić information content (AvgIpc) is 2.85. The number of likely N-dealkylation sites (tertiary alicyclic amines) is 1. The lowest BCUT2D eigenvalue weighted by molar-refractivity contribution is -0.123. The number of amides is 2. The van der Waals surface area contributed by atoms with Crippen molar-refractivity contribution in [2.45, 2.75) is 32.7 Å². The first-order valence-electron chi connectivity index (χ1n) is 7.35.